The van der Waals surface area contributed by atoms with Crippen molar-refractivity contribution in [3.05, 3.63) is 54.1 Å². The van der Waals surface area contributed by atoms with Crippen molar-refractivity contribution >= 4 is 27.5 Å². The summed E-state index contributed by atoms with van der Waals surface area (Å²) in [6.07, 6.45) is 0.366. The molecule has 2 aromatic carbocycles. The first-order valence-electron chi connectivity index (χ1n) is 8.58. The molecule has 8 heteroatoms. The van der Waals surface area contributed by atoms with E-state index in [4.69, 9.17) is 4.74 Å². The molecule has 7 nitrogen and oxygen atoms in total. The van der Waals surface area contributed by atoms with E-state index >= 15 is 0 Å². The molecule has 3 rings (SSSR count). The summed E-state index contributed by atoms with van der Waals surface area (Å²) in [5.41, 5.74) is 1.18. The van der Waals surface area contributed by atoms with Gasteiger partial charge in [0.1, 0.15) is 5.75 Å². The summed E-state index contributed by atoms with van der Waals surface area (Å²) in [7, 11) is -3.72. The van der Waals surface area contributed by atoms with Gasteiger partial charge in [-0.25, -0.2) is 13.1 Å². The minimum Gasteiger partial charge on any atom is -0.494 e. The van der Waals surface area contributed by atoms with Gasteiger partial charge in [0, 0.05) is 19.4 Å². The number of nitrogens with one attached hydrogen (secondary N) is 1. The number of benzene rings is 2. The molecule has 142 valence electrons. The van der Waals surface area contributed by atoms with E-state index in [0.717, 1.165) is 16.2 Å². The molecule has 2 aromatic rings. The monoisotopic (exact) mass is 388 g/mol. The number of sulfonamides is 1. The summed E-state index contributed by atoms with van der Waals surface area (Å²) in [6, 6.07) is 12.9. The first kappa shape index (κ1) is 19.1. The van der Waals surface area contributed by atoms with Crippen molar-refractivity contribution in [1.82, 2.24) is 4.72 Å². The number of carbonyl (C=O) groups excluding carboxylic acids is 2. The van der Waals surface area contributed by atoms with Crippen LogP contribution in [0.5, 0.6) is 5.75 Å². The Bertz CT molecular complexity index is 921. The van der Waals surface area contributed by atoms with Gasteiger partial charge in [-0.05, 0) is 48.9 Å². The predicted octanol–water partition coefficient (Wildman–Crippen LogP) is 2.22. The maximum absolute atomic E-state index is 12.5. The lowest BCUT2D eigenvalue weighted by Crippen LogP contribution is -2.28. The zero-order valence-corrected chi connectivity index (χ0v) is 15.7. The second-order valence-electron chi connectivity index (χ2n) is 6.02. The quantitative estimate of drug-likeness (QED) is 0.734. The zero-order valence-electron chi connectivity index (χ0n) is 14.8. The summed E-state index contributed by atoms with van der Waals surface area (Å²) in [6.45, 7) is 2.60. The van der Waals surface area contributed by atoms with Gasteiger partial charge in [-0.2, -0.15) is 0 Å². The Morgan fingerprint density at radius 2 is 1.56 bits per heavy atom. The van der Waals surface area contributed by atoms with Crippen LogP contribution in [0.15, 0.2) is 53.4 Å². The molecule has 0 radical (unpaired) electrons. The van der Waals surface area contributed by atoms with Gasteiger partial charge < -0.3 is 4.74 Å². The van der Waals surface area contributed by atoms with Crippen LogP contribution in [0.3, 0.4) is 0 Å². The highest BCUT2D eigenvalue weighted by molar-refractivity contribution is 7.89. The Labute approximate surface area is 158 Å². The van der Waals surface area contributed by atoms with Gasteiger partial charge in [0.15, 0.2) is 0 Å². The summed E-state index contributed by atoms with van der Waals surface area (Å²) in [4.78, 5) is 24.7. The van der Waals surface area contributed by atoms with Gasteiger partial charge in [-0.15, -0.1) is 0 Å². The molecule has 1 heterocycles. The highest BCUT2D eigenvalue weighted by Gasteiger charge is 2.30. The molecule has 0 aliphatic carbocycles. The fourth-order valence-corrected chi connectivity index (χ4v) is 3.79. The van der Waals surface area contributed by atoms with Crippen LogP contribution in [0.2, 0.25) is 0 Å². The highest BCUT2D eigenvalue weighted by Crippen LogP contribution is 2.24. The lowest BCUT2D eigenvalue weighted by atomic mass is 10.2. The fraction of sp³-hybridized carbons (Fsp3) is 0.263. The third kappa shape index (κ3) is 4.35. The molecule has 0 atom stereocenters. The molecule has 0 spiro atoms. The number of anilines is 1. The molecule has 1 saturated heterocycles. The predicted molar refractivity (Wildman–Crippen MR) is 99.8 cm³/mol. The smallest absolute Gasteiger partial charge is 0.240 e. The minimum absolute atomic E-state index is 0.0660. The lowest BCUT2D eigenvalue weighted by molar-refractivity contribution is -0.121. The second kappa shape index (κ2) is 7.89. The number of amides is 2. The van der Waals surface area contributed by atoms with Crippen LogP contribution in [0.1, 0.15) is 25.3 Å². The molecular formula is C19H20N2O5S. The van der Waals surface area contributed by atoms with Crippen LogP contribution in [0.25, 0.3) is 0 Å². The lowest BCUT2D eigenvalue weighted by Gasteiger charge is -2.14. The Hall–Kier alpha value is -2.71. The largest absolute Gasteiger partial charge is 0.494 e. The average Bonchev–Trinajstić information content (AvgIpc) is 3.00. The van der Waals surface area contributed by atoms with Gasteiger partial charge >= 0.3 is 0 Å². The van der Waals surface area contributed by atoms with E-state index in [9.17, 15) is 18.0 Å². The number of carbonyl (C=O) groups is 2. The number of hydrogen-bond acceptors (Lipinski definition) is 5. The van der Waals surface area contributed by atoms with Crippen LogP contribution < -0.4 is 14.4 Å². The van der Waals surface area contributed by atoms with Crippen molar-refractivity contribution in [1.29, 1.82) is 0 Å². The first-order valence-corrected chi connectivity index (χ1v) is 10.1. The van der Waals surface area contributed by atoms with E-state index in [0.29, 0.717) is 12.3 Å². The molecule has 27 heavy (non-hydrogen) atoms. The molecule has 2 amide bonds. The Kier molecular flexibility index (Phi) is 5.57. The number of imide groups is 1. The third-order valence-corrected chi connectivity index (χ3v) is 5.57. The number of rotatable bonds is 7. The molecule has 0 saturated carbocycles. The fourth-order valence-electron chi connectivity index (χ4n) is 2.77. The van der Waals surface area contributed by atoms with E-state index < -0.39 is 10.0 Å². The topological polar surface area (TPSA) is 92.8 Å². The molecule has 1 N–H and O–H groups in total. The van der Waals surface area contributed by atoms with Crippen molar-refractivity contribution in [3.63, 3.8) is 0 Å². The van der Waals surface area contributed by atoms with Crippen molar-refractivity contribution in [3.8, 4) is 5.75 Å². The number of nitrogens with zero attached hydrogens (tertiary/aromatic N) is 1. The molecule has 1 aliphatic rings. The van der Waals surface area contributed by atoms with Gasteiger partial charge in [0.25, 0.3) is 0 Å². The van der Waals surface area contributed by atoms with E-state index in [1.807, 2.05) is 6.92 Å². The Morgan fingerprint density at radius 3 is 2.11 bits per heavy atom. The summed E-state index contributed by atoms with van der Waals surface area (Å²) in [5, 5.41) is 0. The van der Waals surface area contributed by atoms with E-state index in [-0.39, 0.29) is 36.1 Å². The molecule has 1 fully saturated rings. The summed E-state index contributed by atoms with van der Waals surface area (Å²) >= 11 is 0. The zero-order chi connectivity index (χ0) is 19.4. The van der Waals surface area contributed by atoms with Crippen molar-refractivity contribution in [2.45, 2.75) is 31.2 Å². The van der Waals surface area contributed by atoms with Gasteiger partial charge in [-0.1, -0.05) is 12.1 Å². The summed E-state index contributed by atoms with van der Waals surface area (Å²) < 4.78 is 32.8. The maximum Gasteiger partial charge on any atom is 0.240 e. The molecule has 1 aliphatic heterocycles. The maximum atomic E-state index is 12.5. The van der Waals surface area contributed by atoms with Crippen LogP contribution >= 0.6 is 0 Å². The van der Waals surface area contributed by atoms with Gasteiger partial charge in [0.2, 0.25) is 21.8 Å². The van der Waals surface area contributed by atoms with Crippen LogP contribution in [0, 0.1) is 0 Å². The minimum atomic E-state index is -3.72. The normalized spacial score (nSPS) is 14.6. The highest BCUT2D eigenvalue weighted by atomic mass is 32.2. The van der Waals surface area contributed by atoms with Gasteiger partial charge in [-0.3, -0.25) is 14.5 Å². The number of ether oxygens (including phenoxy) is 1. The summed E-state index contributed by atoms with van der Waals surface area (Å²) in [5.74, 6) is 0.180. The van der Waals surface area contributed by atoms with E-state index in [2.05, 4.69) is 4.72 Å². The molecule has 0 bridgehead atoms. The van der Waals surface area contributed by atoms with Crippen LogP contribution in [-0.2, 0) is 26.2 Å². The van der Waals surface area contributed by atoms with E-state index in [1.165, 1.54) is 24.3 Å². The van der Waals surface area contributed by atoms with Crippen molar-refractivity contribution in [2.75, 3.05) is 11.5 Å². The third-order valence-electron chi connectivity index (χ3n) is 4.16. The Morgan fingerprint density at radius 1 is 0.963 bits per heavy atom. The average molecular weight is 388 g/mol. The molecule has 0 aromatic heterocycles. The van der Waals surface area contributed by atoms with Crippen molar-refractivity contribution in [2.24, 2.45) is 0 Å². The standard InChI is InChI=1S/C19H20N2O5S/c1-2-26-16-7-3-14(4-8-16)13-20-27(24,25)17-9-5-15(6-10-17)21-18(22)11-12-19(21)23/h3-10,20H,2,11-13H2,1H3. The molecule has 0 unspecified atom stereocenters. The first-order chi connectivity index (χ1) is 12.9. The second-order valence-corrected chi connectivity index (χ2v) is 7.79. The Balaban J connectivity index is 1.67. The van der Waals surface area contributed by atoms with Crippen LogP contribution in [0.4, 0.5) is 5.69 Å². The van der Waals surface area contributed by atoms with Crippen molar-refractivity contribution < 1.29 is 22.7 Å². The van der Waals surface area contributed by atoms with Gasteiger partial charge in [0.05, 0.1) is 17.2 Å². The molecular weight excluding hydrogens is 368 g/mol. The van der Waals surface area contributed by atoms with Crippen LogP contribution in [-0.4, -0.2) is 26.8 Å². The number of hydrogen-bond donors (Lipinski definition) is 1. The van der Waals surface area contributed by atoms with E-state index in [1.54, 1.807) is 24.3 Å². The SMILES string of the molecule is CCOc1ccc(CNS(=O)(=O)c2ccc(N3C(=O)CCC3=O)cc2)cc1.